The summed E-state index contributed by atoms with van der Waals surface area (Å²) in [4.78, 5) is 12.1. The van der Waals surface area contributed by atoms with Gasteiger partial charge in [-0.05, 0) is 48.9 Å². The lowest BCUT2D eigenvalue weighted by atomic mass is 9.84. The van der Waals surface area contributed by atoms with E-state index in [9.17, 15) is 4.79 Å². The molecule has 122 valence electrons. The van der Waals surface area contributed by atoms with Crippen molar-refractivity contribution in [2.24, 2.45) is 11.8 Å². The molecule has 2 rings (SSSR count). The molecule has 0 aromatic heterocycles. The lowest BCUT2D eigenvalue weighted by molar-refractivity contribution is -0.122. The molecule has 4 heteroatoms. The van der Waals surface area contributed by atoms with Crippen molar-refractivity contribution in [1.29, 1.82) is 0 Å². The topological polar surface area (TPSA) is 50.4 Å². The van der Waals surface area contributed by atoms with E-state index in [1.54, 1.807) is 7.11 Å². The van der Waals surface area contributed by atoms with Gasteiger partial charge in [0.2, 0.25) is 5.91 Å². The zero-order valence-electron chi connectivity index (χ0n) is 13.7. The second-order valence-corrected chi connectivity index (χ2v) is 6.30. The number of amides is 1. The van der Waals surface area contributed by atoms with Gasteiger partial charge in [0.05, 0.1) is 6.61 Å². The highest BCUT2D eigenvalue weighted by atomic mass is 16.5. The van der Waals surface area contributed by atoms with E-state index in [4.69, 9.17) is 4.74 Å². The summed E-state index contributed by atoms with van der Waals surface area (Å²) in [6, 6.07) is 8.18. The zero-order valence-corrected chi connectivity index (χ0v) is 13.7. The van der Waals surface area contributed by atoms with Gasteiger partial charge in [-0.25, -0.2) is 0 Å². The van der Waals surface area contributed by atoms with Gasteiger partial charge < -0.3 is 15.4 Å². The summed E-state index contributed by atoms with van der Waals surface area (Å²) >= 11 is 0. The van der Waals surface area contributed by atoms with Crippen LogP contribution in [0.25, 0.3) is 0 Å². The van der Waals surface area contributed by atoms with Gasteiger partial charge in [0.25, 0.3) is 0 Å². The number of hydrogen-bond acceptors (Lipinski definition) is 3. The van der Waals surface area contributed by atoms with Crippen molar-refractivity contribution in [1.82, 2.24) is 10.6 Å². The van der Waals surface area contributed by atoms with Gasteiger partial charge in [-0.3, -0.25) is 4.79 Å². The number of nitrogens with one attached hydrogen (secondary N) is 2. The fraction of sp³-hybridized carbons (Fsp3) is 0.611. The number of carbonyl (C=O) groups excluding carboxylic acids is 1. The second-order valence-electron chi connectivity index (χ2n) is 6.30. The van der Waals surface area contributed by atoms with E-state index in [0.29, 0.717) is 31.4 Å². The standard InChI is InChI=1S/C18H28N2O2/c1-14(17-7-9-19-10-8-17)11-18(21)20-12-15-3-5-16(6-4-15)13-22-2/h3-6,14,17,19H,7-13H2,1-2H3,(H,20,21). The molecule has 2 N–H and O–H groups in total. The van der Waals surface area contributed by atoms with Gasteiger partial charge in [0.1, 0.15) is 0 Å². The van der Waals surface area contributed by atoms with Gasteiger partial charge >= 0.3 is 0 Å². The summed E-state index contributed by atoms with van der Waals surface area (Å²) in [6.45, 7) is 5.61. The summed E-state index contributed by atoms with van der Waals surface area (Å²) in [5.41, 5.74) is 2.28. The highest BCUT2D eigenvalue weighted by molar-refractivity contribution is 5.76. The summed E-state index contributed by atoms with van der Waals surface area (Å²) in [6.07, 6.45) is 3.01. The summed E-state index contributed by atoms with van der Waals surface area (Å²) in [5, 5.41) is 6.41. The van der Waals surface area contributed by atoms with Crippen LogP contribution in [0.5, 0.6) is 0 Å². The van der Waals surface area contributed by atoms with Crippen molar-refractivity contribution in [2.45, 2.75) is 39.3 Å². The van der Waals surface area contributed by atoms with Crippen LogP contribution in [-0.2, 0) is 22.7 Å². The van der Waals surface area contributed by atoms with Gasteiger partial charge in [-0.1, -0.05) is 31.2 Å². The van der Waals surface area contributed by atoms with E-state index in [1.165, 1.54) is 12.8 Å². The Bertz CT molecular complexity index is 453. The number of piperidine rings is 1. The Labute approximate surface area is 133 Å². The van der Waals surface area contributed by atoms with Gasteiger partial charge in [0, 0.05) is 20.1 Å². The van der Waals surface area contributed by atoms with Crippen LogP contribution in [0.3, 0.4) is 0 Å². The molecule has 1 unspecified atom stereocenters. The maximum Gasteiger partial charge on any atom is 0.220 e. The normalized spacial score (nSPS) is 17.2. The van der Waals surface area contributed by atoms with Crippen LogP contribution in [0.2, 0.25) is 0 Å². The number of benzene rings is 1. The molecule has 1 aliphatic rings. The molecule has 0 radical (unpaired) electrons. The third-order valence-corrected chi connectivity index (χ3v) is 4.52. The number of carbonyl (C=O) groups is 1. The van der Waals surface area contributed by atoms with Crippen LogP contribution in [0, 0.1) is 11.8 Å². The summed E-state index contributed by atoms with van der Waals surface area (Å²) < 4.78 is 5.09. The monoisotopic (exact) mass is 304 g/mol. The first kappa shape index (κ1) is 17.0. The minimum Gasteiger partial charge on any atom is -0.380 e. The van der Waals surface area contributed by atoms with Crippen molar-refractivity contribution >= 4 is 5.91 Å². The quantitative estimate of drug-likeness (QED) is 0.813. The Morgan fingerprint density at radius 3 is 2.55 bits per heavy atom. The Kier molecular flexibility index (Phi) is 6.87. The van der Waals surface area contributed by atoms with Crippen LogP contribution >= 0.6 is 0 Å². The van der Waals surface area contributed by atoms with Crippen LogP contribution in [0.4, 0.5) is 0 Å². The first-order chi connectivity index (χ1) is 10.7. The van der Waals surface area contributed by atoms with Crippen molar-refractivity contribution < 1.29 is 9.53 Å². The molecule has 1 aromatic rings. The first-order valence-corrected chi connectivity index (χ1v) is 8.23. The van der Waals surface area contributed by atoms with Crippen molar-refractivity contribution in [2.75, 3.05) is 20.2 Å². The summed E-state index contributed by atoms with van der Waals surface area (Å²) in [5.74, 6) is 1.30. The largest absolute Gasteiger partial charge is 0.380 e. The molecule has 0 aliphatic carbocycles. The predicted molar refractivity (Wildman–Crippen MR) is 88.4 cm³/mol. The van der Waals surface area contributed by atoms with Crippen molar-refractivity contribution in [3.05, 3.63) is 35.4 Å². The van der Waals surface area contributed by atoms with E-state index in [0.717, 1.165) is 24.2 Å². The number of ether oxygens (including phenoxy) is 1. The first-order valence-electron chi connectivity index (χ1n) is 8.23. The fourth-order valence-electron chi connectivity index (χ4n) is 3.07. The highest BCUT2D eigenvalue weighted by Crippen LogP contribution is 2.24. The number of rotatable bonds is 7. The van der Waals surface area contributed by atoms with Crippen molar-refractivity contribution in [3.8, 4) is 0 Å². The minimum atomic E-state index is 0.159. The molecular formula is C18H28N2O2. The molecule has 1 amide bonds. The Morgan fingerprint density at radius 2 is 1.91 bits per heavy atom. The van der Waals surface area contributed by atoms with Gasteiger partial charge in [0.15, 0.2) is 0 Å². The molecule has 1 fully saturated rings. The molecular weight excluding hydrogens is 276 g/mol. The van der Waals surface area contributed by atoms with Crippen LogP contribution in [-0.4, -0.2) is 26.1 Å². The van der Waals surface area contributed by atoms with Crippen LogP contribution in [0.1, 0.15) is 37.3 Å². The summed E-state index contributed by atoms with van der Waals surface area (Å²) in [7, 11) is 1.69. The third-order valence-electron chi connectivity index (χ3n) is 4.52. The lowest BCUT2D eigenvalue weighted by Gasteiger charge is -2.27. The van der Waals surface area contributed by atoms with Gasteiger partial charge in [-0.15, -0.1) is 0 Å². The smallest absolute Gasteiger partial charge is 0.220 e. The average Bonchev–Trinajstić information content (AvgIpc) is 2.55. The highest BCUT2D eigenvalue weighted by Gasteiger charge is 2.21. The molecule has 4 nitrogen and oxygen atoms in total. The number of methoxy groups -OCH3 is 1. The van der Waals surface area contributed by atoms with Crippen molar-refractivity contribution in [3.63, 3.8) is 0 Å². The SMILES string of the molecule is COCc1ccc(CNC(=O)CC(C)C2CCNCC2)cc1. The van der Waals surface area contributed by atoms with Crippen LogP contribution < -0.4 is 10.6 Å². The zero-order chi connectivity index (χ0) is 15.8. The van der Waals surface area contributed by atoms with Crippen LogP contribution in [0.15, 0.2) is 24.3 Å². The van der Waals surface area contributed by atoms with E-state index in [-0.39, 0.29) is 5.91 Å². The minimum absolute atomic E-state index is 0.159. The molecule has 0 bridgehead atoms. The van der Waals surface area contributed by atoms with E-state index in [2.05, 4.69) is 17.6 Å². The maximum atomic E-state index is 12.1. The Balaban J connectivity index is 1.72. The Morgan fingerprint density at radius 1 is 1.27 bits per heavy atom. The molecule has 1 heterocycles. The average molecular weight is 304 g/mol. The molecule has 1 saturated heterocycles. The molecule has 0 saturated carbocycles. The maximum absolute atomic E-state index is 12.1. The second kappa shape index (κ2) is 8.91. The molecule has 0 spiro atoms. The number of hydrogen-bond donors (Lipinski definition) is 2. The molecule has 1 atom stereocenters. The fourth-order valence-corrected chi connectivity index (χ4v) is 3.07. The van der Waals surface area contributed by atoms with E-state index in [1.807, 2.05) is 24.3 Å². The molecule has 22 heavy (non-hydrogen) atoms. The van der Waals surface area contributed by atoms with Gasteiger partial charge in [-0.2, -0.15) is 0 Å². The lowest BCUT2D eigenvalue weighted by Crippen LogP contribution is -2.33. The van der Waals surface area contributed by atoms with E-state index >= 15 is 0 Å². The molecule has 1 aliphatic heterocycles. The van der Waals surface area contributed by atoms with E-state index < -0.39 is 0 Å². The predicted octanol–water partition coefficient (Wildman–Crippen LogP) is 2.48. The Hall–Kier alpha value is -1.39. The molecule has 1 aromatic carbocycles. The third kappa shape index (κ3) is 5.43.